The maximum Gasteiger partial charge on any atom is 0.262 e. The first-order chi connectivity index (χ1) is 9.11. The van der Waals surface area contributed by atoms with E-state index in [0.717, 1.165) is 0 Å². The van der Waals surface area contributed by atoms with Gasteiger partial charge in [-0.2, -0.15) is 0 Å². The molecule has 6 nitrogen and oxygen atoms in total. The molecule has 0 fully saturated rings. The van der Waals surface area contributed by atoms with Crippen molar-refractivity contribution in [3.63, 3.8) is 0 Å². The van der Waals surface area contributed by atoms with E-state index in [0.29, 0.717) is 16.8 Å². The third-order valence-corrected chi connectivity index (χ3v) is 3.54. The Morgan fingerprint density at radius 1 is 1.63 bits per heavy atom. The number of nitrogens with one attached hydrogen (secondary N) is 1. The van der Waals surface area contributed by atoms with Gasteiger partial charge < -0.3 is 10.4 Å². The Morgan fingerprint density at radius 2 is 2.42 bits per heavy atom. The zero-order valence-corrected chi connectivity index (χ0v) is 11.3. The molecule has 102 valence electrons. The van der Waals surface area contributed by atoms with Crippen LogP contribution in [-0.2, 0) is 11.3 Å². The predicted molar refractivity (Wildman–Crippen MR) is 73.1 cm³/mol. The topological polar surface area (TPSA) is 84.2 Å². The number of nitrogens with zero attached hydrogens (tertiary/aromatic N) is 2. The molecular formula is C12H15N3O3S. The lowest BCUT2D eigenvalue weighted by Gasteiger charge is -2.10. The predicted octanol–water partition coefficient (Wildman–Crippen LogP) is 0.203. The van der Waals surface area contributed by atoms with Gasteiger partial charge in [0, 0.05) is 13.2 Å². The van der Waals surface area contributed by atoms with Crippen LogP contribution in [0.5, 0.6) is 0 Å². The summed E-state index contributed by atoms with van der Waals surface area (Å²) in [6.45, 7) is 2.17. The summed E-state index contributed by atoms with van der Waals surface area (Å²) in [7, 11) is 0. The Labute approximate surface area is 113 Å². The molecule has 2 rings (SSSR count). The second-order valence-corrected chi connectivity index (χ2v) is 5.30. The molecule has 2 heterocycles. The number of fused-ring (bicyclic) bond motifs is 1. The molecule has 0 bridgehead atoms. The van der Waals surface area contributed by atoms with Gasteiger partial charge in [-0.05, 0) is 17.4 Å². The largest absolute Gasteiger partial charge is 0.396 e. The van der Waals surface area contributed by atoms with Crippen molar-refractivity contribution in [1.29, 1.82) is 0 Å². The number of hydrogen-bond acceptors (Lipinski definition) is 5. The minimum atomic E-state index is -0.265. The van der Waals surface area contributed by atoms with Gasteiger partial charge in [0.2, 0.25) is 5.91 Å². The van der Waals surface area contributed by atoms with E-state index in [1.807, 2.05) is 6.92 Å². The molecule has 0 aliphatic heterocycles. The maximum atomic E-state index is 12.0. The summed E-state index contributed by atoms with van der Waals surface area (Å²) in [6.07, 6.45) is 1.39. The van der Waals surface area contributed by atoms with Gasteiger partial charge in [0.25, 0.3) is 5.56 Å². The molecule has 7 heteroatoms. The van der Waals surface area contributed by atoms with Crippen molar-refractivity contribution < 1.29 is 9.90 Å². The average Bonchev–Trinajstić information content (AvgIpc) is 2.88. The highest BCUT2D eigenvalue weighted by Gasteiger charge is 2.09. The van der Waals surface area contributed by atoms with Crippen LogP contribution in [0.4, 0.5) is 0 Å². The minimum absolute atomic E-state index is 0.00171. The first-order valence-corrected chi connectivity index (χ1v) is 6.80. The van der Waals surface area contributed by atoms with Gasteiger partial charge >= 0.3 is 0 Å². The molecule has 2 N–H and O–H groups in total. The molecule has 2 aromatic heterocycles. The molecule has 0 aromatic carbocycles. The lowest BCUT2D eigenvalue weighted by Crippen LogP contribution is -2.35. The Morgan fingerprint density at radius 3 is 3.16 bits per heavy atom. The van der Waals surface area contributed by atoms with E-state index in [1.54, 1.807) is 11.4 Å². The summed E-state index contributed by atoms with van der Waals surface area (Å²) in [5.41, 5.74) is -0.211. The van der Waals surface area contributed by atoms with E-state index in [-0.39, 0.29) is 30.5 Å². The number of amides is 1. The highest BCUT2D eigenvalue weighted by molar-refractivity contribution is 7.16. The monoisotopic (exact) mass is 281 g/mol. The van der Waals surface area contributed by atoms with Crippen LogP contribution in [-0.4, -0.2) is 33.7 Å². The Balaban J connectivity index is 2.07. The summed E-state index contributed by atoms with van der Waals surface area (Å²) in [6, 6.07) is 1.71. The van der Waals surface area contributed by atoms with E-state index in [1.165, 1.54) is 22.2 Å². The molecule has 0 spiro atoms. The maximum absolute atomic E-state index is 12.0. The molecule has 19 heavy (non-hydrogen) atoms. The smallest absolute Gasteiger partial charge is 0.262 e. The highest BCUT2D eigenvalue weighted by Crippen LogP contribution is 2.12. The molecule has 0 aliphatic carbocycles. The van der Waals surface area contributed by atoms with Crippen molar-refractivity contribution in [2.24, 2.45) is 5.92 Å². The minimum Gasteiger partial charge on any atom is -0.396 e. The fourth-order valence-electron chi connectivity index (χ4n) is 1.57. The van der Waals surface area contributed by atoms with Crippen LogP contribution in [0.3, 0.4) is 0 Å². The van der Waals surface area contributed by atoms with Crippen molar-refractivity contribution >= 4 is 27.5 Å². The normalized spacial score (nSPS) is 12.5. The number of carbonyl (C=O) groups excluding carboxylic acids is 1. The number of aromatic nitrogens is 2. The van der Waals surface area contributed by atoms with Gasteiger partial charge in [-0.3, -0.25) is 14.2 Å². The third-order valence-electron chi connectivity index (χ3n) is 2.72. The van der Waals surface area contributed by atoms with Crippen LogP contribution in [0.1, 0.15) is 6.92 Å². The molecule has 0 saturated carbocycles. The van der Waals surface area contributed by atoms with Crippen LogP contribution in [0.15, 0.2) is 22.6 Å². The van der Waals surface area contributed by atoms with Crippen LogP contribution in [0, 0.1) is 5.92 Å². The molecule has 0 saturated heterocycles. The van der Waals surface area contributed by atoms with Crippen molar-refractivity contribution in [3.8, 4) is 0 Å². The zero-order valence-electron chi connectivity index (χ0n) is 10.5. The van der Waals surface area contributed by atoms with Gasteiger partial charge in [-0.15, -0.1) is 11.3 Å². The SMILES string of the molecule is CC(CO)CNC(=O)Cn1cnc2sccc2c1=O. The summed E-state index contributed by atoms with van der Waals surface area (Å²) >= 11 is 1.39. The molecule has 0 radical (unpaired) electrons. The van der Waals surface area contributed by atoms with E-state index in [4.69, 9.17) is 5.11 Å². The molecule has 0 aliphatic rings. The average molecular weight is 281 g/mol. The molecular weight excluding hydrogens is 266 g/mol. The van der Waals surface area contributed by atoms with Crippen molar-refractivity contribution in [3.05, 3.63) is 28.1 Å². The van der Waals surface area contributed by atoms with Crippen LogP contribution < -0.4 is 10.9 Å². The lowest BCUT2D eigenvalue weighted by molar-refractivity contribution is -0.121. The van der Waals surface area contributed by atoms with Gasteiger partial charge in [0.15, 0.2) is 0 Å². The molecule has 1 unspecified atom stereocenters. The quantitative estimate of drug-likeness (QED) is 0.820. The van der Waals surface area contributed by atoms with E-state index >= 15 is 0 Å². The van der Waals surface area contributed by atoms with Crippen molar-refractivity contribution in [1.82, 2.24) is 14.9 Å². The molecule has 1 atom stereocenters. The number of aliphatic hydroxyl groups excluding tert-OH is 1. The Kier molecular flexibility index (Phi) is 4.28. The van der Waals surface area contributed by atoms with Crippen LogP contribution in [0.2, 0.25) is 0 Å². The third kappa shape index (κ3) is 3.18. The second kappa shape index (κ2) is 5.94. The first kappa shape index (κ1) is 13.7. The molecule has 1 amide bonds. The van der Waals surface area contributed by atoms with Gasteiger partial charge in [-0.25, -0.2) is 4.98 Å². The number of hydrogen-bond donors (Lipinski definition) is 2. The van der Waals surface area contributed by atoms with Crippen molar-refractivity contribution in [2.45, 2.75) is 13.5 Å². The Bertz CT molecular complexity index is 634. The van der Waals surface area contributed by atoms with Gasteiger partial charge in [0.1, 0.15) is 11.4 Å². The van der Waals surface area contributed by atoms with Gasteiger partial charge in [0.05, 0.1) is 11.7 Å². The fraction of sp³-hybridized carbons (Fsp3) is 0.417. The Hall–Kier alpha value is -1.73. The standard InChI is InChI=1S/C12H15N3O3S/c1-8(6-16)4-13-10(17)5-15-7-14-11-9(12(15)18)2-3-19-11/h2-3,7-8,16H,4-6H2,1H3,(H,13,17). The van der Waals surface area contributed by atoms with E-state index in [9.17, 15) is 9.59 Å². The highest BCUT2D eigenvalue weighted by atomic mass is 32.1. The van der Waals surface area contributed by atoms with E-state index < -0.39 is 0 Å². The summed E-state index contributed by atoms with van der Waals surface area (Å²) in [4.78, 5) is 28.5. The van der Waals surface area contributed by atoms with E-state index in [2.05, 4.69) is 10.3 Å². The number of rotatable bonds is 5. The van der Waals surface area contributed by atoms with Crippen LogP contribution >= 0.6 is 11.3 Å². The molecule has 2 aromatic rings. The summed E-state index contributed by atoms with van der Waals surface area (Å²) in [5.74, 6) is -0.267. The number of carbonyl (C=O) groups is 1. The number of aliphatic hydroxyl groups is 1. The first-order valence-electron chi connectivity index (χ1n) is 5.92. The van der Waals surface area contributed by atoms with Crippen LogP contribution in [0.25, 0.3) is 10.2 Å². The number of thiophene rings is 1. The summed E-state index contributed by atoms with van der Waals surface area (Å²) < 4.78 is 1.29. The summed E-state index contributed by atoms with van der Waals surface area (Å²) in [5, 5.41) is 13.9. The van der Waals surface area contributed by atoms with Crippen molar-refractivity contribution in [2.75, 3.05) is 13.2 Å². The van der Waals surface area contributed by atoms with Gasteiger partial charge in [-0.1, -0.05) is 6.92 Å². The lowest BCUT2D eigenvalue weighted by atomic mass is 10.2. The zero-order chi connectivity index (χ0) is 13.8. The fourth-order valence-corrected chi connectivity index (χ4v) is 2.29. The second-order valence-electron chi connectivity index (χ2n) is 4.41.